The minimum Gasteiger partial charge on any atom is -0.492 e. The molecular weight excluding hydrogens is 1310 g/mol. The fraction of sp³-hybridized carbons (Fsp3) is 0.678. The molecule has 19 atom stereocenters. The summed E-state index contributed by atoms with van der Waals surface area (Å²) in [5.74, 6) is 11.5. The van der Waals surface area contributed by atoms with Crippen LogP contribution >= 0.6 is 55.9 Å². The summed E-state index contributed by atoms with van der Waals surface area (Å²) >= 11 is 2.83. The molecule has 2 bridgehead atoms. The van der Waals surface area contributed by atoms with Crippen LogP contribution < -0.4 is 30.3 Å². The molecule has 24 nitrogen and oxygen atoms in total. The maximum Gasteiger partial charge on any atom is 0.411 e. The minimum atomic E-state index is -2.05. The smallest absolute Gasteiger partial charge is 0.411 e. The van der Waals surface area contributed by atoms with E-state index in [2.05, 4.69) is 39.8 Å². The quantitative estimate of drug-likeness (QED) is 0.0269. The van der Waals surface area contributed by atoms with E-state index in [1.54, 1.807) is 62.5 Å². The molecule has 1 aromatic carbocycles. The number of likely N-dealkylation sites (N-methyl/N-ethyl adjacent to an activating group) is 1. The number of fused-ring (bicyclic) bond motifs is 2. The Morgan fingerprint density at radius 2 is 1.59 bits per heavy atom. The summed E-state index contributed by atoms with van der Waals surface area (Å²) in [7, 11) is 10.2. The number of carbonyl (C=O) groups is 3. The number of Topliss-reactive ketones (excluding diaryl/α,β-unsaturated/α-hetero) is 1. The first-order valence-corrected chi connectivity index (χ1v) is 33.2. The Hall–Kier alpha value is -3.29. The van der Waals surface area contributed by atoms with Crippen molar-refractivity contribution in [2.24, 2.45) is 0 Å². The van der Waals surface area contributed by atoms with Crippen molar-refractivity contribution in [3.63, 3.8) is 0 Å². The molecule has 28 heteroatoms. The molecular formula is C59H80IN3O21S3. The zero-order chi connectivity index (χ0) is 62.9. The summed E-state index contributed by atoms with van der Waals surface area (Å²) in [6, 6.07) is -1.26. The van der Waals surface area contributed by atoms with Crippen molar-refractivity contribution in [2.45, 2.75) is 200 Å². The number of methoxy groups -OCH3 is 5. The SMILES string of the molecule is CCN[C@H]1CO[C@@H](O[C@H]2[C@H](O[C@H]3C#CC=CC#C[C@]4(O)CC(=O)C(NC(=O)OC)=C3/C4=C\CSSC3CCCC3)O[C@H](C)[C@@H](NO[C@H]3C[C@H](O)[C@H](SC(=O)c4c(C)c(I)c(O[C@@H]5O[C@@H](C)[C@H](O)[C@@H](OC)[C@H]5O)c(OC)c4OC)[C@@H](C)O3)[C@@H]2O)C[C@@H]1OC. The summed E-state index contributed by atoms with van der Waals surface area (Å²) in [6.07, 6.45) is -9.10. The van der Waals surface area contributed by atoms with Gasteiger partial charge in [-0.15, -0.1) is 0 Å². The molecule has 7 aliphatic rings. The number of nitrogens with one attached hydrogen (secondary N) is 3. The number of hydrogen-bond acceptors (Lipinski definition) is 26. The number of aliphatic hydroxyl groups is 5. The summed E-state index contributed by atoms with van der Waals surface area (Å²) in [5, 5.41) is 63.5. The molecule has 1 amide bonds. The van der Waals surface area contributed by atoms with Gasteiger partial charge in [0.05, 0.1) is 97.0 Å². The number of allylic oxidation sites excluding steroid dienone is 3. The highest BCUT2D eigenvalue weighted by atomic mass is 127. The molecule has 0 unspecified atom stereocenters. The average molecular weight is 1390 g/mol. The van der Waals surface area contributed by atoms with Gasteiger partial charge in [-0.1, -0.05) is 82.9 Å². The Morgan fingerprint density at radius 3 is 2.26 bits per heavy atom. The molecule has 482 valence electrons. The number of benzene rings is 1. The Bertz CT molecular complexity index is 2810. The predicted octanol–water partition coefficient (Wildman–Crippen LogP) is 3.86. The van der Waals surface area contributed by atoms with Gasteiger partial charge in [-0.2, -0.15) is 5.48 Å². The van der Waals surface area contributed by atoms with Crippen LogP contribution in [0.2, 0.25) is 0 Å². The zero-order valence-electron chi connectivity index (χ0n) is 50.1. The molecule has 0 aromatic heterocycles. The maximum absolute atomic E-state index is 14.5. The Morgan fingerprint density at radius 1 is 0.862 bits per heavy atom. The van der Waals surface area contributed by atoms with Crippen LogP contribution in [-0.2, 0) is 52.3 Å². The number of hydroxylamine groups is 1. The number of alkyl carbamates (subject to hydrolysis) is 1. The van der Waals surface area contributed by atoms with Gasteiger partial charge in [0.1, 0.15) is 36.6 Å². The topological polar surface area (TPSA) is 308 Å². The maximum atomic E-state index is 14.5. The Balaban J connectivity index is 1.02. The third-order valence-corrected chi connectivity index (χ3v) is 21.7. The van der Waals surface area contributed by atoms with Gasteiger partial charge in [0.2, 0.25) is 17.2 Å². The standard InChI is InChI=1S/C59H80IN3O21S3/c1-11-61-34-27-77-39(25-38(34)72-6)82-52-47(67)44(29(3)79-57(52)81-37-20-14-12-13-17-22-59(71)26-36(65)45(62-58(70)76-10)42(37)33(59)21-23-85-87-32-18-15-16-19-32)63-84-40-24-35(64)54(31(5)78-40)86-55(69)41-28(2)43(60)50(53(75-9)49(41)73-7)83-56-48(68)51(74-8)46(66)30(4)80-56/h12-13,21,29-32,34-35,37-40,44,46-48,51-52,54,56-57,61,63-64,66-68,71H,11,15-16,18-19,23-27H2,1-10H3,(H,62,70)/b13-12?,33-21+/t29-,30+,31-,34+,35+,37+,38+,39+,40+,44-,46+,47+,48-,51-,52-,54-,56+,57+,59+/m1/s1. The van der Waals surface area contributed by atoms with Gasteiger partial charge in [-0.05, 0) is 87.4 Å². The van der Waals surface area contributed by atoms with E-state index in [1.165, 1.54) is 33.5 Å². The largest absolute Gasteiger partial charge is 0.492 e. The van der Waals surface area contributed by atoms with Crippen molar-refractivity contribution in [1.82, 2.24) is 16.1 Å². The number of amides is 1. The molecule has 4 aliphatic heterocycles. The second-order valence-electron chi connectivity index (χ2n) is 21.8. The van der Waals surface area contributed by atoms with Crippen molar-refractivity contribution in [2.75, 3.05) is 54.5 Å². The molecule has 4 heterocycles. The van der Waals surface area contributed by atoms with E-state index in [9.17, 15) is 39.9 Å². The molecule has 3 aliphatic carbocycles. The molecule has 0 spiro atoms. The summed E-state index contributed by atoms with van der Waals surface area (Å²) in [6.45, 7) is 9.45. The van der Waals surface area contributed by atoms with E-state index in [0.29, 0.717) is 26.7 Å². The van der Waals surface area contributed by atoms with Crippen LogP contribution in [0.1, 0.15) is 88.6 Å². The molecule has 0 radical (unpaired) electrons. The molecule has 8 N–H and O–H groups in total. The fourth-order valence-electron chi connectivity index (χ4n) is 11.5. The average Bonchev–Trinajstić information content (AvgIpc) is 1.04. The van der Waals surface area contributed by atoms with E-state index < -0.39 is 127 Å². The number of thioether (sulfide) groups is 1. The number of halogens is 1. The first-order valence-electron chi connectivity index (χ1n) is 28.9. The van der Waals surface area contributed by atoms with E-state index in [0.717, 1.165) is 44.6 Å². The monoisotopic (exact) mass is 1390 g/mol. The van der Waals surface area contributed by atoms with Gasteiger partial charge in [-0.3, -0.25) is 19.7 Å². The molecule has 5 fully saturated rings. The van der Waals surface area contributed by atoms with Crippen molar-refractivity contribution in [3.05, 3.63) is 49.8 Å². The molecule has 1 aromatic rings. The predicted molar refractivity (Wildman–Crippen MR) is 328 cm³/mol. The summed E-state index contributed by atoms with van der Waals surface area (Å²) < 4.78 is 72.8. The molecule has 1 saturated carbocycles. The van der Waals surface area contributed by atoms with Crippen LogP contribution in [0.25, 0.3) is 0 Å². The molecule has 8 rings (SSSR count). The normalized spacial score (nSPS) is 35.9. The van der Waals surface area contributed by atoms with Crippen molar-refractivity contribution in [1.29, 1.82) is 0 Å². The molecule has 87 heavy (non-hydrogen) atoms. The van der Waals surface area contributed by atoms with Crippen molar-refractivity contribution in [3.8, 4) is 40.9 Å². The van der Waals surface area contributed by atoms with E-state index in [4.69, 9.17) is 61.7 Å². The number of hydrogen-bond donors (Lipinski definition) is 8. The van der Waals surface area contributed by atoms with Crippen LogP contribution in [0.15, 0.2) is 35.1 Å². The second kappa shape index (κ2) is 31.8. The Labute approximate surface area is 532 Å². The lowest BCUT2D eigenvalue weighted by Gasteiger charge is -2.46. The van der Waals surface area contributed by atoms with Gasteiger partial charge in [0.25, 0.3) is 0 Å². The van der Waals surface area contributed by atoms with Gasteiger partial charge < -0.3 is 87.7 Å². The Kier molecular flexibility index (Phi) is 25.5. The molecule has 4 saturated heterocycles. The number of aliphatic hydroxyl groups excluding tert-OH is 4. The number of rotatable bonds is 22. The number of ether oxygens (including phenoxy) is 12. The van der Waals surface area contributed by atoms with Crippen LogP contribution in [-0.4, -0.2) is 217 Å². The third kappa shape index (κ3) is 16.1. The van der Waals surface area contributed by atoms with Crippen LogP contribution in [0.4, 0.5) is 4.79 Å². The number of ketones is 1. The van der Waals surface area contributed by atoms with Crippen molar-refractivity contribution < 1.29 is 102 Å². The fourth-order valence-corrected chi connectivity index (χ4v) is 15.9. The van der Waals surface area contributed by atoms with Crippen LogP contribution in [0, 0.1) is 34.2 Å². The lowest BCUT2D eigenvalue weighted by Crippen LogP contribution is -2.65. The highest BCUT2D eigenvalue weighted by molar-refractivity contribution is 14.1. The van der Waals surface area contributed by atoms with Gasteiger partial charge in [-0.25, -0.2) is 4.79 Å². The lowest BCUT2D eigenvalue weighted by atomic mass is 9.75. The highest BCUT2D eigenvalue weighted by Gasteiger charge is 2.52. The van der Waals surface area contributed by atoms with Crippen LogP contribution in [0.3, 0.4) is 0 Å². The highest BCUT2D eigenvalue weighted by Crippen LogP contribution is 2.49. The zero-order valence-corrected chi connectivity index (χ0v) is 54.8. The summed E-state index contributed by atoms with van der Waals surface area (Å²) in [5.41, 5.74) is 1.40. The van der Waals surface area contributed by atoms with Gasteiger partial charge in [0, 0.05) is 49.2 Å². The second-order valence-corrected chi connectivity index (χ2v) is 26.8. The van der Waals surface area contributed by atoms with Gasteiger partial charge in [0.15, 0.2) is 41.8 Å². The van der Waals surface area contributed by atoms with E-state index in [1.807, 2.05) is 29.5 Å². The van der Waals surface area contributed by atoms with E-state index in [-0.39, 0.29) is 71.2 Å². The first-order chi connectivity index (χ1) is 41.7. The first kappa shape index (κ1) is 69.6. The lowest BCUT2D eigenvalue weighted by molar-refractivity contribution is -0.336. The van der Waals surface area contributed by atoms with Crippen molar-refractivity contribution >= 4 is 72.9 Å². The summed E-state index contributed by atoms with van der Waals surface area (Å²) in [4.78, 5) is 47.8. The third-order valence-electron chi connectivity index (χ3n) is 16.2. The van der Waals surface area contributed by atoms with Crippen LogP contribution in [0.5, 0.6) is 17.2 Å². The van der Waals surface area contributed by atoms with E-state index >= 15 is 0 Å². The minimum absolute atomic E-state index is 0.00924. The number of carbonyl (C=O) groups excluding carboxylic acids is 3. The van der Waals surface area contributed by atoms with Gasteiger partial charge >= 0.3 is 6.09 Å².